The molecule has 0 spiro atoms. The van der Waals surface area contributed by atoms with Crippen LogP contribution in [0.25, 0.3) is 0 Å². The van der Waals surface area contributed by atoms with Crippen LogP contribution in [0.4, 0.5) is 5.69 Å². The van der Waals surface area contributed by atoms with Crippen LogP contribution in [-0.4, -0.2) is 32.8 Å². The van der Waals surface area contributed by atoms with Gasteiger partial charge < -0.3 is 19.5 Å². The van der Waals surface area contributed by atoms with Crippen LogP contribution >= 0.6 is 0 Å². The van der Waals surface area contributed by atoms with Crippen molar-refractivity contribution in [3.63, 3.8) is 0 Å². The van der Waals surface area contributed by atoms with Crippen molar-refractivity contribution in [2.75, 3.05) is 32.2 Å². The molecule has 0 aliphatic carbocycles. The van der Waals surface area contributed by atoms with Crippen LogP contribution in [0.3, 0.4) is 0 Å². The van der Waals surface area contributed by atoms with Gasteiger partial charge in [-0.25, -0.2) is 0 Å². The SMILES string of the molecule is COCCOc1ccc(NC(=O)c2cccc(OCCc3ccccc3)c2)cc1. The molecule has 1 N–H and O–H groups in total. The first-order chi connectivity index (χ1) is 14.2. The van der Waals surface area contributed by atoms with Gasteiger partial charge in [0.05, 0.1) is 13.2 Å². The van der Waals surface area contributed by atoms with Crippen molar-refractivity contribution in [3.05, 3.63) is 90.0 Å². The van der Waals surface area contributed by atoms with Crippen molar-refractivity contribution in [3.8, 4) is 11.5 Å². The lowest BCUT2D eigenvalue weighted by molar-refractivity contribution is 0.102. The molecule has 3 aromatic rings. The first kappa shape index (κ1) is 20.4. The van der Waals surface area contributed by atoms with Crippen molar-refractivity contribution in [2.24, 2.45) is 0 Å². The number of carbonyl (C=O) groups excluding carboxylic acids is 1. The van der Waals surface area contributed by atoms with E-state index in [0.717, 1.165) is 12.2 Å². The molecule has 29 heavy (non-hydrogen) atoms. The fraction of sp³-hybridized carbons (Fsp3) is 0.208. The number of hydrogen-bond donors (Lipinski definition) is 1. The maximum atomic E-state index is 12.5. The maximum Gasteiger partial charge on any atom is 0.255 e. The third-order valence-electron chi connectivity index (χ3n) is 4.27. The lowest BCUT2D eigenvalue weighted by atomic mass is 10.1. The summed E-state index contributed by atoms with van der Waals surface area (Å²) in [5.41, 5.74) is 2.46. The zero-order valence-electron chi connectivity index (χ0n) is 16.5. The highest BCUT2D eigenvalue weighted by Crippen LogP contribution is 2.18. The van der Waals surface area contributed by atoms with Crippen LogP contribution in [0.2, 0.25) is 0 Å². The summed E-state index contributed by atoms with van der Waals surface area (Å²) in [4.78, 5) is 12.5. The van der Waals surface area contributed by atoms with E-state index in [9.17, 15) is 4.79 Å². The van der Waals surface area contributed by atoms with E-state index in [2.05, 4.69) is 17.4 Å². The van der Waals surface area contributed by atoms with E-state index >= 15 is 0 Å². The van der Waals surface area contributed by atoms with Crippen molar-refractivity contribution in [1.29, 1.82) is 0 Å². The second-order valence-corrected chi connectivity index (χ2v) is 6.43. The van der Waals surface area contributed by atoms with E-state index in [1.165, 1.54) is 5.56 Å². The number of ether oxygens (including phenoxy) is 3. The molecule has 0 fully saturated rings. The number of nitrogens with one attached hydrogen (secondary N) is 1. The minimum absolute atomic E-state index is 0.188. The van der Waals surface area contributed by atoms with Crippen molar-refractivity contribution in [1.82, 2.24) is 0 Å². The molecule has 5 nitrogen and oxygen atoms in total. The Balaban J connectivity index is 1.52. The quantitative estimate of drug-likeness (QED) is 0.514. The predicted molar refractivity (Wildman–Crippen MR) is 114 cm³/mol. The highest BCUT2D eigenvalue weighted by molar-refractivity contribution is 6.04. The number of amides is 1. The van der Waals surface area contributed by atoms with Crippen LogP contribution in [-0.2, 0) is 11.2 Å². The van der Waals surface area contributed by atoms with Crippen LogP contribution in [0.1, 0.15) is 15.9 Å². The zero-order chi connectivity index (χ0) is 20.3. The maximum absolute atomic E-state index is 12.5. The van der Waals surface area contributed by atoms with Gasteiger partial charge in [0, 0.05) is 24.8 Å². The second kappa shape index (κ2) is 10.9. The van der Waals surface area contributed by atoms with Gasteiger partial charge in [0.25, 0.3) is 5.91 Å². The third kappa shape index (κ3) is 6.66. The van der Waals surface area contributed by atoms with Crippen LogP contribution < -0.4 is 14.8 Å². The Hall–Kier alpha value is -3.31. The summed E-state index contributed by atoms with van der Waals surface area (Å²) < 4.78 is 16.3. The number of carbonyl (C=O) groups is 1. The number of rotatable bonds is 10. The van der Waals surface area contributed by atoms with Crippen molar-refractivity contribution in [2.45, 2.75) is 6.42 Å². The van der Waals surface area contributed by atoms with E-state index < -0.39 is 0 Å². The molecular weight excluding hydrogens is 366 g/mol. The predicted octanol–water partition coefficient (Wildman–Crippen LogP) is 4.59. The molecule has 0 heterocycles. The molecule has 0 saturated carbocycles. The molecular formula is C24H25NO4. The molecule has 3 aromatic carbocycles. The third-order valence-corrected chi connectivity index (χ3v) is 4.27. The highest BCUT2D eigenvalue weighted by atomic mass is 16.5. The van der Waals surface area contributed by atoms with Gasteiger partial charge in [-0.3, -0.25) is 4.79 Å². The summed E-state index contributed by atoms with van der Waals surface area (Å²) in [6.45, 7) is 1.57. The highest BCUT2D eigenvalue weighted by Gasteiger charge is 2.08. The monoisotopic (exact) mass is 391 g/mol. The second-order valence-electron chi connectivity index (χ2n) is 6.43. The molecule has 0 aliphatic heterocycles. The average Bonchev–Trinajstić information content (AvgIpc) is 2.76. The minimum Gasteiger partial charge on any atom is -0.493 e. The molecule has 0 aromatic heterocycles. The lowest BCUT2D eigenvalue weighted by Gasteiger charge is -2.10. The number of methoxy groups -OCH3 is 1. The number of benzene rings is 3. The first-order valence-electron chi connectivity index (χ1n) is 9.54. The largest absolute Gasteiger partial charge is 0.493 e. The summed E-state index contributed by atoms with van der Waals surface area (Å²) in [6.07, 6.45) is 0.816. The van der Waals surface area contributed by atoms with Gasteiger partial charge in [0.15, 0.2) is 0 Å². The van der Waals surface area contributed by atoms with Gasteiger partial charge in [-0.1, -0.05) is 36.4 Å². The van der Waals surface area contributed by atoms with E-state index in [1.54, 1.807) is 31.4 Å². The Morgan fingerprint density at radius 2 is 1.55 bits per heavy atom. The lowest BCUT2D eigenvalue weighted by Crippen LogP contribution is -2.12. The molecule has 0 unspecified atom stereocenters. The minimum atomic E-state index is -0.188. The average molecular weight is 391 g/mol. The standard InChI is InChI=1S/C24H25NO4/c1-27-16-17-29-22-12-10-21(11-13-22)25-24(26)20-8-5-9-23(18-20)28-15-14-19-6-3-2-4-7-19/h2-13,18H,14-17H2,1H3,(H,25,26). The van der Waals surface area contributed by atoms with Gasteiger partial charge in [-0.15, -0.1) is 0 Å². The number of anilines is 1. The molecule has 0 radical (unpaired) electrons. The summed E-state index contributed by atoms with van der Waals surface area (Å²) in [7, 11) is 1.63. The molecule has 3 rings (SSSR count). The molecule has 0 saturated heterocycles. The van der Waals surface area contributed by atoms with Gasteiger partial charge in [-0.05, 0) is 48.0 Å². The first-order valence-corrected chi connectivity index (χ1v) is 9.54. The van der Waals surface area contributed by atoms with E-state index in [1.807, 2.05) is 42.5 Å². The summed E-state index contributed by atoms with van der Waals surface area (Å²) in [5.74, 6) is 1.22. The Labute approximate surface area is 171 Å². The van der Waals surface area contributed by atoms with Crippen LogP contribution in [0.5, 0.6) is 11.5 Å². The molecule has 0 aliphatic rings. The Morgan fingerprint density at radius 1 is 0.793 bits per heavy atom. The van der Waals surface area contributed by atoms with Gasteiger partial charge in [0.1, 0.15) is 18.1 Å². The van der Waals surface area contributed by atoms with Gasteiger partial charge in [-0.2, -0.15) is 0 Å². The Kier molecular flexibility index (Phi) is 7.66. The zero-order valence-corrected chi connectivity index (χ0v) is 16.5. The Morgan fingerprint density at radius 3 is 2.31 bits per heavy atom. The van der Waals surface area contributed by atoms with Crippen molar-refractivity contribution >= 4 is 11.6 Å². The fourth-order valence-electron chi connectivity index (χ4n) is 2.74. The van der Waals surface area contributed by atoms with Crippen molar-refractivity contribution < 1.29 is 19.0 Å². The van der Waals surface area contributed by atoms with Crippen LogP contribution in [0, 0.1) is 0 Å². The molecule has 1 amide bonds. The molecule has 150 valence electrons. The van der Waals surface area contributed by atoms with Gasteiger partial charge in [0.2, 0.25) is 0 Å². The van der Waals surface area contributed by atoms with E-state index in [0.29, 0.717) is 36.8 Å². The van der Waals surface area contributed by atoms with Gasteiger partial charge >= 0.3 is 0 Å². The molecule has 0 atom stereocenters. The van der Waals surface area contributed by atoms with E-state index in [-0.39, 0.29) is 5.91 Å². The molecule has 0 bridgehead atoms. The van der Waals surface area contributed by atoms with Crippen LogP contribution in [0.15, 0.2) is 78.9 Å². The summed E-state index contributed by atoms with van der Waals surface area (Å²) in [6, 6.07) is 24.6. The Bertz CT molecular complexity index is 894. The topological polar surface area (TPSA) is 56.8 Å². The number of hydrogen-bond acceptors (Lipinski definition) is 4. The smallest absolute Gasteiger partial charge is 0.255 e. The normalized spacial score (nSPS) is 10.4. The summed E-state index contributed by atoms with van der Waals surface area (Å²) in [5, 5.41) is 2.89. The molecule has 5 heteroatoms. The fourth-order valence-corrected chi connectivity index (χ4v) is 2.74. The van der Waals surface area contributed by atoms with E-state index in [4.69, 9.17) is 14.2 Å². The summed E-state index contributed by atoms with van der Waals surface area (Å²) >= 11 is 0.